The number of aromatic nitrogens is 3. The Bertz CT molecular complexity index is 243. The van der Waals surface area contributed by atoms with Gasteiger partial charge in [0.2, 0.25) is 0 Å². The van der Waals surface area contributed by atoms with Crippen LogP contribution in [0.15, 0.2) is 0 Å². The van der Waals surface area contributed by atoms with Crippen LogP contribution in [-0.4, -0.2) is 14.8 Å². The molecule has 0 bridgehead atoms. The minimum Gasteiger partial charge on any atom is -0.314 e. The molecule has 0 saturated heterocycles. The minimum atomic E-state index is 0.701. The van der Waals surface area contributed by atoms with Crippen LogP contribution in [-0.2, 0) is 18.7 Å². The zero-order valence-electron chi connectivity index (χ0n) is 6.32. The molecule has 2 rings (SSSR count). The van der Waals surface area contributed by atoms with E-state index in [1.54, 1.807) is 0 Å². The van der Waals surface area contributed by atoms with Crippen molar-refractivity contribution in [3.8, 4) is 0 Å². The molecular weight excluding hydrogens is 158 g/mol. The molecule has 4 heteroatoms. The Balaban J connectivity index is 2.38. The number of hydrogen-bond acceptors (Lipinski definition) is 3. The van der Waals surface area contributed by atoms with Crippen LogP contribution in [0.25, 0.3) is 0 Å². The summed E-state index contributed by atoms with van der Waals surface area (Å²) in [5.41, 5.74) is 0. The summed E-state index contributed by atoms with van der Waals surface area (Å²) in [5.74, 6) is 2.86. The van der Waals surface area contributed by atoms with Crippen molar-refractivity contribution in [2.24, 2.45) is 0 Å². The van der Waals surface area contributed by atoms with E-state index in [-0.39, 0.29) is 0 Å². The Labute approximate surface area is 71.2 Å². The van der Waals surface area contributed by atoms with Gasteiger partial charge in [-0.1, -0.05) is 0 Å². The van der Waals surface area contributed by atoms with Crippen LogP contribution in [0.5, 0.6) is 0 Å². The predicted molar refractivity (Wildman–Crippen MR) is 45.7 cm³/mol. The summed E-state index contributed by atoms with van der Waals surface area (Å²) < 4.78 is 2.19. The Morgan fingerprint density at radius 2 is 2.27 bits per heavy atom. The van der Waals surface area contributed by atoms with E-state index in [4.69, 9.17) is 0 Å². The van der Waals surface area contributed by atoms with Gasteiger partial charge < -0.3 is 4.57 Å². The van der Waals surface area contributed by atoms with Crippen LogP contribution >= 0.6 is 12.6 Å². The van der Waals surface area contributed by atoms with E-state index < -0.39 is 0 Å². The van der Waals surface area contributed by atoms with E-state index in [0.717, 1.165) is 24.6 Å². The second-order valence-electron chi connectivity index (χ2n) is 2.80. The first-order chi connectivity index (χ1) is 5.42. The Morgan fingerprint density at radius 1 is 1.36 bits per heavy atom. The van der Waals surface area contributed by atoms with Crippen molar-refractivity contribution in [2.75, 3.05) is 0 Å². The lowest BCUT2D eigenvalue weighted by atomic mass is 10.2. The van der Waals surface area contributed by atoms with Gasteiger partial charge in [0, 0.05) is 13.0 Å². The third-order valence-electron chi connectivity index (χ3n) is 2.08. The van der Waals surface area contributed by atoms with Crippen LogP contribution in [0.1, 0.15) is 24.5 Å². The van der Waals surface area contributed by atoms with Crippen LogP contribution in [0.2, 0.25) is 0 Å². The predicted octanol–water partition coefficient (Wildman–Crippen LogP) is 1.04. The fourth-order valence-corrected chi connectivity index (χ4v) is 1.72. The maximum atomic E-state index is 4.19. The summed E-state index contributed by atoms with van der Waals surface area (Å²) in [4.78, 5) is 0. The molecule has 1 aromatic rings. The van der Waals surface area contributed by atoms with Gasteiger partial charge in [-0.3, -0.25) is 0 Å². The molecule has 0 N–H and O–H groups in total. The second-order valence-corrected chi connectivity index (χ2v) is 3.12. The molecule has 0 fully saturated rings. The Morgan fingerprint density at radius 3 is 3.09 bits per heavy atom. The third-order valence-corrected chi connectivity index (χ3v) is 2.36. The van der Waals surface area contributed by atoms with Crippen molar-refractivity contribution in [3.63, 3.8) is 0 Å². The lowest BCUT2D eigenvalue weighted by Crippen LogP contribution is -2.12. The average molecular weight is 169 g/mol. The molecule has 0 spiro atoms. The zero-order valence-corrected chi connectivity index (χ0v) is 7.22. The highest BCUT2D eigenvalue weighted by Crippen LogP contribution is 2.14. The maximum absolute atomic E-state index is 4.19. The molecule has 0 saturated carbocycles. The van der Waals surface area contributed by atoms with Crippen LogP contribution in [0, 0.1) is 0 Å². The largest absolute Gasteiger partial charge is 0.314 e. The molecular formula is C7H11N3S. The maximum Gasteiger partial charge on any atom is 0.142 e. The normalized spacial score (nSPS) is 16.5. The quantitative estimate of drug-likeness (QED) is 0.637. The molecule has 0 radical (unpaired) electrons. The second kappa shape index (κ2) is 2.85. The Kier molecular flexibility index (Phi) is 1.85. The van der Waals surface area contributed by atoms with Crippen molar-refractivity contribution < 1.29 is 0 Å². The number of fused-ring (bicyclic) bond motifs is 1. The average Bonchev–Trinajstić information content (AvgIpc) is 2.47. The fourth-order valence-electron chi connectivity index (χ4n) is 1.49. The van der Waals surface area contributed by atoms with Gasteiger partial charge in [-0.25, -0.2) is 0 Å². The zero-order chi connectivity index (χ0) is 7.68. The summed E-state index contributed by atoms with van der Waals surface area (Å²) in [5, 5.41) is 8.14. The lowest BCUT2D eigenvalue weighted by molar-refractivity contribution is 0.513. The van der Waals surface area contributed by atoms with Crippen molar-refractivity contribution in [1.82, 2.24) is 14.8 Å². The highest BCUT2D eigenvalue weighted by molar-refractivity contribution is 7.79. The molecule has 0 amide bonds. The molecule has 11 heavy (non-hydrogen) atoms. The van der Waals surface area contributed by atoms with E-state index in [1.165, 1.54) is 12.8 Å². The molecule has 1 aromatic heterocycles. The molecule has 3 nitrogen and oxygen atoms in total. The summed E-state index contributed by atoms with van der Waals surface area (Å²) >= 11 is 4.19. The topological polar surface area (TPSA) is 30.7 Å². The molecule has 1 aliphatic heterocycles. The van der Waals surface area contributed by atoms with Crippen molar-refractivity contribution in [1.29, 1.82) is 0 Å². The first kappa shape index (κ1) is 7.16. The van der Waals surface area contributed by atoms with E-state index in [1.807, 2.05) is 0 Å². The van der Waals surface area contributed by atoms with E-state index >= 15 is 0 Å². The van der Waals surface area contributed by atoms with Gasteiger partial charge in [0.25, 0.3) is 0 Å². The van der Waals surface area contributed by atoms with Crippen molar-refractivity contribution in [2.45, 2.75) is 31.6 Å². The van der Waals surface area contributed by atoms with Gasteiger partial charge in [-0.2, -0.15) is 12.6 Å². The van der Waals surface area contributed by atoms with Crippen molar-refractivity contribution >= 4 is 12.6 Å². The smallest absolute Gasteiger partial charge is 0.142 e. The van der Waals surface area contributed by atoms with Gasteiger partial charge in [-0.05, 0) is 12.8 Å². The fraction of sp³-hybridized carbons (Fsp3) is 0.714. The highest BCUT2D eigenvalue weighted by atomic mass is 32.1. The first-order valence-electron chi connectivity index (χ1n) is 3.93. The summed E-state index contributed by atoms with van der Waals surface area (Å²) in [6.07, 6.45) is 3.59. The third kappa shape index (κ3) is 1.15. The standard InChI is InChI=1S/C7H11N3S/c11-5-7-9-8-6-3-1-2-4-10(6)7/h11H,1-5H2. The highest BCUT2D eigenvalue weighted by Gasteiger charge is 2.13. The number of hydrogen-bond donors (Lipinski definition) is 1. The van der Waals surface area contributed by atoms with E-state index in [0.29, 0.717) is 5.75 Å². The van der Waals surface area contributed by atoms with Gasteiger partial charge in [0.15, 0.2) is 0 Å². The van der Waals surface area contributed by atoms with Gasteiger partial charge in [0.1, 0.15) is 11.6 Å². The monoisotopic (exact) mass is 169 g/mol. The first-order valence-corrected chi connectivity index (χ1v) is 4.57. The van der Waals surface area contributed by atoms with Gasteiger partial charge >= 0.3 is 0 Å². The molecule has 0 atom stereocenters. The van der Waals surface area contributed by atoms with Gasteiger partial charge in [-0.15, -0.1) is 10.2 Å². The van der Waals surface area contributed by atoms with E-state index in [9.17, 15) is 0 Å². The van der Waals surface area contributed by atoms with Crippen molar-refractivity contribution in [3.05, 3.63) is 11.6 Å². The number of nitrogens with zero attached hydrogens (tertiary/aromatic N) is 3. The van der Waals surface area contributed by atoms with Gasteiger partial charge in [0.05, 0.1) is 5.75 Å². The molecule has 0 unspecified atom stereocenters. The SMILES string of the molecule is SCc1nnc2n1CCCC2. The molecule has 60 valence electrons. The molecule has 2 heterocycles. The number of rotatable bonds is 1. The lowest BCUT2D eigenvalue weighted by Gasteiger charge is -2.13. The summed E-state index contributed by atoms with van der Waals surface area (Å²) in [6.45, 7) is 1.08. The molecule has 0 aliphatic carbocycles. The Hall–Kier alpha value is -0.510. The minimum absolute atomic E-state index is 0.701. The number of thiol groups is 1. The summed E-state index contributed by atoms with van der Waals surface area (Å²) in [6, 6.07) is 0. The van der Waals surface area contributed by atoms with Crippen LogP contribution in [0.3, 0.4) is 0 Å². The van der Waals surface area contributed by atoms with Crippen LogP contribution in [0.4, 0.5) is 0 Å². The van der Waals surface area contributed by atoms with E-state index in [2.05, 4.69) is 27.4 Å². The number of aryl methyl sites for hydroxylation is 1. The molecule has 1 aliphatic rings. The van der Waals surface area contributed by atoms with Crippen LogP contribution < -0.4 is 0 Å². The molecule has 0 aromatic carbocycles. The summed E-state index contributed by atoms with van der Waals surface area (Å²) in [7, 11) is 0.